The molecule has 2 aliphatic heterocycles. The van der Waals surface area contributed by atoms with E-state index in [2.05, 4.69) is 5.32 Å². The summed E-state index contributed by atoms with van der Waals surface area (Å²) in [5, 5.41) is 2.70. The number of carbonyl (C=O) groups excluding carboxylic acids is 2. The first-order chi connectivity index (χ1) is 11.9. The molecule has 1 atom stereocenters. The van der Waals surface area contributed by atoms with Crippen molar-refractivity contribution < 1.29 is 18.0 Å². The summed E-state index contributed by atoms with van der Waals surface area (Å²) in [7, 11) is -3.60. The lowest BCUT2D eigenvalue weighted by molar-refractivity contribution is -0.135. The zero-order valence-corrected chi connectivity index (χ0v) is 15.8. The number of hydrogen-bond acceptors (Lipinski definition) is 5. The first-order valence-corrected chi connectivity index (χ1v) is 11.1. The minimum atomic E-state index is -3.60. The molecule has 0 saturated carbocycles. The second-order valence-corrected chi connectivity index (χ2v) is 9.61. The first kappa shape index (κ1) is 18.3. The number of carbonyl (C=O) groups is 2. The summed E-state index contributed by atoms with van der Waals surface area (Å²) in [5.41, 5.74) is 0.525. The van der Waals surface area contributed by atoms with Crippen molar-refractivity contribution in [2.75, 3.05) is 29.9 Å². The van der Waals surface area contributed by atoms with Crippen molar-refractivity contribution in [1.82, 2.24) is 4.90 Å². The highest BCUT2D eigenvalue weighted by Crippen LogP contribution is 2.33. The highest BCUT2D eigenvalue weighted by molar-refractivity contribution is 8.00. The molecular weight excluding hydrogens is 360 g/mol. The van der Waals surface area contributed by atoms with E-state index in [-0.39, 0.29) is 22.5 Å². The Balaban J connectivity index is 1.74. The van der Waals surface area contributed by atoms with Crippen LogP contribution < -0.4 is 5.32 Å². The van der Waals surface area contributed by atoms with Gasteiger partial charge in [0.25, 0.3) is 0 Å². The van der Waals surface area contributed by atoms with Gasteiger partial charge in [-0.3, -0.25) is 9.59 Å². The van der Waals surface area contributed by atoms with Crippen LogP contribution in [0.4, 0.5) is 5.69 Å². The largest absolute Gasteiger partial charge is 0.342 e. The normalized spacial score (nSPS) is 19.1. The van der Waals surface area contributed by atoms with E-state index in [9.17, 15) is 18.0 Å². The van der Waals surface area contributed by atoms with E-state index < -0.39 is 15.8 Å². The Bertz CT molecular complexity index is 786. The van der Waals surface area contributed by atoms with Gasteiger partial charge < -0.3 is 10.2 Å². The molecule has 136 valence electrons. The fourth-order valence-corrected chi connectivity index (χ4v) is 5.53. The summed E-state index contributed by atoms with van der Waals surface area (Å²) >= 11 is 1.39. The second kappa shape index (κ2) is 7.37. The summed E-state index contributed by atoms with van der Waals surface area (Å²) in [6.45, 7) is 3.10. The molecule has 0 aliphatic carbocycles. The molecule has 6 nitrogen and oxygen atoms in total. The van der Waals surface area contributed by atoms with Crippen LogP contribution in [0.3, 0.4) is 0 Å². The van der Waals surface area contributed by atoms with Gasteiger partial charge in [0.05, 0.1) is 22.1 Å². The molecule has 0 bridgehead atoms. The van der Waals surface area contributed by atoms with Gasteiger partial charge in [-0.1, -0.05) is 6.92 Å². The standard InChI is InChI=1S/C17H22N2O4S2/c1-12(17(21)19-7-3-2-4-8-19)11-25(22,23)13-5-6-15-14(9-13)18-16(20)10-24-15/h5-6,9,12H,2-4,7-8,10-11H2,1H3,(H,18,20)/t12-/m1/s1. The van der Waals surface area contributed by atoms with Crippen LogP contribution in [0.2, 0.25) is 0 Å². The summed E-state index contributed by atoms with van der Waals surface area (Å²) in [6, 6.07) is 4.76. The molecule has 1 fully saturated rings. The second-order valence-electron chi connectivity index (χ2n) is 6.56. The Labute approximate surface area is 152 Å². The minimum Gasteiger partial charge on any atom is -0.342 e. The molecule has 0 unspecified atom stereocenters. The Morgan fingerprint density at radius 2 is 2.00 bits per heavy atom. The molecule has 3 rings (SSSR count). The molecule has 0 radical (unpaired) electrons. The number of nitrogens with zero attached hydrogens (tertiary/aromatic N) is 1. The van der Waals surface area contributed by atoms with Gasteiger partial charge in [0.1, 0.15) is 0 Å². The maximum Gasteiger partial charge on any atom is 0.234 e. The quantitative estimate of drug-likeness (QED) is 0.863. The van der Waals surface area contributed by atoms with E-state index in [0.717, 1.165) is 24.2 Å². The van der Waals surface area contributed by atoms with Gasteiger partial charge in [0.15, 0.2) is 9.84 Å². The SMILES string of the molecule is C[C@H](CS(=O)(=O)c1ccc2c(c1)NC(=O)CS2)C(=O)N1CCCCC1. The fraction of sp³-hybridized carbons (Fsp3) is 0.529. The summed E-state index contributed by atoms with van der Waals surface area (Å²) in [5.74, 6) is -0.697. The van der Waals surface area contributed by atoms with Gasteiger partial charge in [-0.05, 0) is 37.5 Å². The Hall–Kier alpha value is -1.54. The van der Waals surface area contributed by atoms with Gasteiger partial charge in [-0.2, -0.15) is 0 Å². The maximum atomic E-state index is 12.7. The van der Waals surface area contributed by atoms with E-state index in [1.165, 1.54) is 17.8 Å². The predicted octanol–water partition coefficient (Wildman–Crippen LogP) is 2.15. The number of nitrogens with one attached hydrogen (secondary N) is 1. The molecule has 8 heteroatoms. The summed E-state index contributed by atoms with van der Waals surface area (Å²) < 4.78 is 25.4. The van der Waals surface area contributed by atoms with Gasteiger partial charge in [0.2, 0.25) is 11.8 Å². The molecule has 2 heterocycles. The lowest BCUT2D eigenvalue weighted by Crippen LogP contribution is -2.40. The van der Waals surface area contributed by atoms with Crippen LogP contribution in [0.5, 0.6) is 0 Å². The van der Waals surface area contributed by atoms with Crippen LogP contribution >= 0.6 is 11.8 Å². The van der Waals surface area contributed by atoms with Crippen LogP contribution in [0.25, 0.3) is 0 Å². The maximum absolute atomic E-state index is 12.7. The number of benzene rings is 1. The molecule has 25 heavy (non-hydrogen) atoms. The average molecular weight is 383 g/mol. The number of fused-ring (bicyclic) bond motifs is 1. The number of hydrogen-bond donors (Lipinski definition) is 1. The topological polar surface area (TPSA) is 83.5 Å². The van der Waals surface area contributed by atoms with Crippen molar-refractivity contribution in [3.8, 4) is 0 Å². The third kappa shape index (κ3) is 4.17. The van der Waals surface area contributed by atoms with Crippen LogP contribution in [-0.2, 0) is 19.4 Å². The molecule has 2 amide bonds. The Morgan fingerprint density at radius 1 is 1.28 bits per heavy atom. The number of piperidine rings is 1. The van der Waals surface area contributed by atoms with Gasteiger partial charge in [0, 0.05) is 23.9 Å². The van der Waals surface area contributed by atoms with Gasteiger partial charge >= 0.3 is 0 Å². The third-order valence-electron chi connectivity index (χ3n) is 4.50. The lowest BCUT2D eigenvalue weighted by atomic mass is 10.1. The lowest BCUT2D eigenvalue weighted by Gasteiger charge is -2.29. The molecule has 0 aromatic heterocycles. The van der Waals surface area contributed by atoms with E-state index >= 15 is 0 Å². The van der Waals surface area contributed by atoms with E-state index in [0.29, 0.717) is 24.5 Å². The number of amides is 2. The molecule has 1 N–H and O–H groups in total. The molecule has 2 aliphatic rings. The summed E-state index contributed by atoms with van der Waals surface area (Å²) in [6.07, 6.45) is 3.08. The van der Waals surface area contributed by atoms with Gasteiger partial charge in [-0.25, -0.2) is 8.42 Å². The third-order valence-corrected chi connectivity index (χ3v) is 7.49. The number of likely N-dealkylation sites (tertiary alicyclic amines) is 1. The zero-order chi connectivity index (χ0) is 18.0. The highest BCUT2D eigenvalue weighted by atomic mass is 32.2. The molecule has 0 spiro atoms. The van der Waals surface area contributed by atoms with Gasteiger partial charge in [-0.15, -0.1) is 11.8 Å². The van der Waals surface area contributed by atoms with Crippen LogP contribution in [0, 0.1) is 5.92 Å². The highest BCUT2D eigenvalue weighted by Gasteiger charge is 2.28. The summed E-state index contributed by atoms with van der Waals surface area (Å²) in [4.78, 5) is 26.8. The number of anilines is 1. The van der Waals surface area contributed by atoms with Crippen molar-refractivity contribution in [1.29, 1.82) is 0 Å². The minimum absolute atomic E-state index is 0.0925. The molecule has 1 aromatic rings. The zero-order valence-electron chi connectivity index (χ0n) is 14.2. The molecular formula is C17H22N2O4S2. The monoisotopic (exact) mass is 382 g/mol. The smallest absolute Gasteiger partial charge is 0.234 e. The van der Waals surface area contributed by atoms with Crippen molar-refractivity contribution >= 4 is 39.1 Å². The van der Waals surface area contributed by atoms with Crippen LogP contribution in [-0.4, -0.2) is 49.7 Å². The number of rotatable bonds is 4. The van der Waals surface area contributed by atoms with Crippen molar-refractivity contribution in [2.24, 2.45) is 5.92 Å². The molecule has 1 saturated heterocycles. The first-order valence-electron chi connectivity index (χ1n) is 8.45. The Kier molecular flexibility index (Phi) is 5.38. The fourth-order valence-electron chi connectivity index (χ4n) is 3.18. The van der Waals surface area contributed by atoms with Crippen LogP contribution in [0.15, 0.2) is 28.0 Å². The number of thioether (sulfide) groups is 1. The predicted molar refractivity (Wildman–Crippen MR) is 97.4 cm³/mol. The van der Waals surface area contributed by atoms with E-state index in [1.807, 2.05) is 0 Å². The van der Waals surface area contributed by atoms with Crippen molar-refractivity contribution in [2.45, 2.75) is 36.0 Å². The Morgan fingerprint density at radius 3 is 2.72 bits per heavy atom. The van der Waals surface area contributed by atoms with Crippen molar-refractivity contribution in [3.63, 3.8) is 0 Å². The number of sulfone groups is 1. The van der Waals surface area contributed by atoms with Crippen molar-refractivity contribution in [3.05, 3.63) is 18.2 Å². The average Bonchev–Trinajstić information content (AvgIpc) is 2.60. The van der Waals surface area contributed by atoms with E-state index in [1.54, 1.807) is 24.0 Å². The molecule has 1 aromatic carbocycles. The van der Waals surface area contributed by atoms with E-state index in [4.69, 9.17) is 0 Å². The van der Waals surface area contributed by atoms with Crippen LogP contribution in [0.1, 0.15) is 26.2 Å².